The van der Waals surface area contributed by atoms with Crippen molar-refractivity contribution in [3.8, 4) is 0 Å². The molecule has 1 aliphatic rings. The van der Waals surface area contributed by atoms with Gasteiger partial charge in [0.05, 0.1) is 0 Å². The maximum absolute atomic E-state index is 12.7. The fourth-order valence-corrected chi connectivity index (χ4v) is 4.14. The standard InChI is InChI=1S/C12H19BrN4O3S/c1-17(8-9-2-4-20-5-3-9)21(18,19)11-6-10(13)7-15-12(11)16-14/h6-7,9H,2-5,8,14H2,1H3,(H,15,16). The van der Waals surface area contributed by atoms with Crippen molar-refractivity contribution in [2.45, 2.75) is 17.7 Å². The molecule has 0 spiro atoms. The second-order valence-corrected chi connectivity index (χ2v) is 7.91. The van der Waals surface area contributed by atoms with Gasteiger partial charge in [-0.3, -0.25) is 0 Å². The van der Waals surface area contributed by atoms with Gasteiger partial charge in [0.2, 0.25) is 10.0 Å². The first-order valence-electron chi connectivity index (χ1n) is 6.61. The van der Waals surface area contributed by atoms with Gasteiger partial charge in [0.25, 0.3) is 0 Å². The van der Waals surface area contributed by atoms with Gasteiger partial charge in [0, 0.05) is 37.5 Å². The van der Waals surface area contributed by atoms with Crippen LogP contribution in [0.2, 0.25) is 0 Å². The number of anilines is 1. The number of ether oxygens (including phenoxy) is 1. The van der Waals surface area contributed by atoms with Crippen LogP contribution in [-0.4, -0.2) is 44.5 Å². The van der Waals surface area contributed by atoms with Crippen molar-refractivity contribution in [2.75, 3.05) is 32.2 Å². The van der Waals surface area contributed by atoms with Crippen molar-refractivity contribution in [3.63, 3.8) is 0 Å². The van der Waals surface area contributed by atoms with Crippen LogP contribution in [0.15, 0.2) is 21.6 Å². The van der Waals surface area contributed by atoms with Crippen LogP contribution in [0.4, 0.5) is 5.82 Å². The van der Waals surface area contributed by atoms with E-state index in [1.54, 1.807) is 7.05 Å². The fourth-order valence-electron chi connectivity index (χ4n) is 2.28. The van der Waals surface area contributed by atoms with Crippen molar-refractivity contribution in [1.29, 1.82) is 0 Å². The minimum absolute atomic E-state index is 0.0638. The highest BCUT2D eigenvalue weighted by molar-refractivity contribution is 9.10. The third-order valence-electron chi connectivity index (χ3n) is 3.50. The lowest BCUT2D eigenvalue weighted by atomic mass is 10.0. The van der Waals surface area contributed by atoms with E-state index < -0.39 is 10.0 Å². The number of rotatable bonds is 5. The average molecular weight is 379 g/mol. The summed E-state index contributed by atoms with van der Waals surface area (Å²) in [5.41, 5.74) is 2.33. The van der Waals surface area contributed by atoms with Gasteiger partial charge in [-0.1, -0.05) is 0 Å². The number of nitrogens with one attached hydrogen (secondary N) is 1. The highest BCUT2D eigenvalue weighted by Crippen LogP contribution is 2.26. The minimum Gasteiger partial charge on any atom is -0.381 e. The normalized spacial score (nSPS) is 17.1. The molecule has 1 saturated heterocycles. The highest BCUT2D eigenvalue weighted by Gasteiger charge is 2.28. The number of halogens is 1. The Morgan fingerprint density at radius 3 is 2.81 bits per heavy atom. The van der Waals surface area contributed by atoms with E-state index in [0.717, 1.165) is 12.8 Å². The summed E-state index contributed by atoms with van der Waals surface area (Å²) >= 11 is 3.24. The maximum atomic E-state index is 12.7. The summed E-state index contributed by atoms with van der Waals surface area (Å²) < 4.78 is 32.6. The molecule has 9 heteroatoms. The SMILES string of the molecule is CN(CC1CCOCC1)S(=O)(=O)c1cc(Br)cnc1NN. The van der Waals surface area contributed by atoms with E-state index in [2.05, 4.69) is 26.3 Å². The van der Waals surface area contributed by atoms with Crippen molar-refractivity contribution in [2.24, 2.45) is 11.8 Å². The van der Waals surface area contributed by atoms with Gasteiger partial charge in [0.15, 0.2) is 5.82 Å². The molecule has 0 bridgehead atoms. The Balaban J connectivity index is 2.22. The lowest BCUT2D eigenvalue weighted by molar-refractivity contribution is 0.0620. The smallest absolute Gasteiger partial charge is 0.246 e. The molecule has 118 valence electrons. The second kappa shape index (κ2) is 7.01. The molecule has 0 radical (unpaired) electrons. The quantitative estimate of drug-likeness (QED) is 0.589. The number of sulfonamides is 1. The van der Waals surface area contributed by atoms with E-state index in [4.69, 9.17) is 10.6 Å². The van der Waals surface area contributed by atoms with E-state index >= 15 is 0 Å². The number of hydrazine groups is 1. The van der Waals surface area contributed by atoms with Crippen molar-refractivity contribution in [1.82, 2.24) is 9.29 Å². The third kappa shape index (κ3) is 3.92. The van der Waals surface area contributed by atoms with E-state index in [0.29, 0.717) is 30.1 Å². The molecule has 0 amide bonds. The van der Waals surface area contributed by atoms with Gasteiger partial charge in [-0.05, 0) is 40.8 Å². The van der Waals surface area contributed by atoms with E-state index in [1.165, 1.54) is 16.6 Å². The number of hydrogen-bond donors (Lipinski definition) is 2. The summed E-state index contributed by atoms with van der Waals surface area (Å²) in [4.78, 5) is 4.05. The summed E-state index contributed by atoms with van der Waals surface area (Å²) in [5.74, 6) is 5.80. The number of hydrogen-bond acceptors (Lipinski definition) is 6. The van der Waals surface area contributed by atoms with Crippen LogP contribution in [0.5, 0.6) is 0 Å². The van der Waals surface area contributed by atoms with E-state index in [9.17, 15) is 8.42 Å². The average Bonchev–Trinajstić information content (AvgIpc) is 2.48. The zero-order valence-corrected chi connectivity index (χ0v) is 14.2. The maximum Gasteiger partial charge on any atom is 0.246 e. The Labute approximate surface area is 133 Å². The monoisotopic (exact) mass is 378 g/mol. The molecule has 2 heterocycles. The fraction of sp³-hybridized carbons (Fsp3) is 0.583. The van der Waals surface area contributed by atoms with Gasteiger partial charge < -0.3 is 10.2 Å². The van der Waals surface area contributed by atoms with Crippen LogP contribution < -0.4 is 11.3 Å². The van der Waals surface area contributed by atoms with Crippen LogP contribution in [0.3, 0.4) is 0 Å². The van der Waals surface area contributed by atoms with Crippen LogP contribution in [-0.2, 0) is 14.8 Å². The number of nitrogens with zero attached hydrogens (tertiary/aromatic N) is 2. The molecule has 7 nitrogen and oxygen atoms in total. The molecule has 0 aliphatic carbocycles. The molecule has 21 heavy (non-hydrogen) atoms. The van der Waals surface area contributed by atoms with Gasteiger partial charge in [-0.15, -0.1) is 0 Å². The molecule has 0 aromatic carbocycles. The molecule has 0 unspecified atom stereocenters. The Kier molecular flexibility index (Phi) is 5.55. The van der Waals surface area contributed by atoms with Crippen LogP contribution in [0.1, 0.15) is 12.8 Å². The summed E-state index contributed by atoms with van der Waals surface area (Å²) in [5, 5.41) is 0. The molecular formula is C12H19BrN4O3S. The number of aromatic nitrogens is 1. The van der Waals surface area contributed by atoms with Crippen LogP contribution >= 0.6 is 15.9 Å². The lowest BCUT2D eigenvalue weighted by Gasteiger charge is -2.27. The minimum atomic E-state index is -3.65. The van der Waals surface area contributed by atoms with Gasteiger partial charge >= 0.3 is 0 Å². The van der Waals surface area contributed by atoms with Gasteiger partial charge in [-0.2, -0.15) is 0 Å². The third-order valence-corrected chi connectivity index (χ3v) is 5.77. The highest BCUT2D eigenvalue weighted by atomic mass is 79.9. The zero-order valence-electron chi connectivity index (χ0n) is 11.8. The Bertz CT molecular complexity index is 590. The molecule has 3 N–H and O–H groups in total. The summed E-state index contributed by atoms with van der Waals surface area (Å²) in [7, 11) is -2.07. The van der Waals surface area contributed by atoms with Crippen molar-refractivity contribution < 1.29 is 13.2 Å². The summed E-state index contributed by atoms with van der Waals surface area (Å²) in [6.07, 6.45) is 3.24. The van der Waals surface area contributed by atoms with Crippen molar-refractivity contribution in [3.05, 3.63) is 16.7 Å². The first kappa shape index (κ1) is 16.6. The number of nitrogens with two attached hydrogens (primary N) is 1. The molecule has 1 aromatic heterocycles. The molecule has 1 aromatic rings. The summed E-state index contributed by atoms with van der Waals surface area (Å²) in [6.45, 7) is 1.83. The molecule has 1 aliphatic heterocycles. The molecule has 2 rings (SSSR count). The largest absolute Gasteiger partial charge is 0.381 e. The van der Waals surface area contributed by atoms with E-state index in [-0.39, 0.29) is 10.7 Å². The first-order chi connectivity index (χ1) is 9.95. The molecule has 0 atom stereocenters. The zero-order chi connectivity index (χ0) is 15.5. The second-order valence-electron chi connectivity index (χ2n) is 4.99. The van der Waals surface area contributed by atoms with Crippen LogP contribution in [0, 0.1) is 5.92 Å². The predicted molar refractivity (Wildman–Crippen MR) is 83.1 cm³/mol. The molecule has 0 saturated carbocycles. The Hall–Kier alpha value is -0.740. The van der Waals surface area contributed by atoms with Gasteiger partial charge in [-0.25, -0.2) is 23.5 Å². The molecule has 1 fully saturated rings. The van der Waals surface area contributed by atoms with Crippen LogP contribution in [0.25, 0.3) is 0 Å². The van der Waals surface area contributed by atoms with E-state index in [1.807, 2.05) is 0 Å². The Morgan fingerprint density at radius 1 is 1.52 bits per heavy atom. The van der Waals surface area contributed by atoms with Crippen molar-refractivity contribution >= 4 is 31.8 Å². The van der Waals surface area contributed by atoms with Gasteiger partial charge in [0.1, 0.15) is 4.90 Å². The molecular weight excluding hydrogens is 360 g/mol. The lowest BCUT2D eigenvalue weighted by Crippen LogP contribution is -2.34. The summed E-state index contributed by atoms with van der Waals surface area (Å²) in [6, 6.07) is 1.50. The number of pyridine rings is 1. The predicted octanol–water partition coefficient (Wildman–Crippen LogP) is 1.18. The Morgan fingerprint density at radius 2 is 2.19 bits per heavy atom. The number of nitrogen functional groups attached to an aromatic ring is 1. The first-order valence-corrected chi connectivity index (χ1v) is 8.84. The topological polar surface area (TPSA) is 97.5 Å².